The van der Waals surface area contributed by atoms with E-state index in [0.717, 1.165) is 31.9 Å². The molecular formula is C11H16N2O. The van der Waals surface area contributed by atoms with Crippen molar-refractivity contribution in [2.75, 3.05) is 26.3 Å². The van der Waals surface area contributed by atoms with Gasteiger partial charge in [0.15, 0.2) is 0 Å². The zero-order valence-electron chi connectivity index (χ0n) is 8.79. The van der Waals surface area contributed by atoms with Crippen molar-refractivity contribution < 1.29 is 4.74 Å². The zero-order valence-corrected chi connectivity index (χ0v) is 8.79. The monoisotopic (exact) mass is 192 g/mol. The van der Waals surface area contributed by atoms with Crippen LogP contribution in [0.1, 0.15) is 13.8 Å². The van der Waals surface area contributed by atoms with Gasteiger partial charge in [-0.3, -0.25) is 4.90 Å². The maximum atomic E-state index is 8.66. The van der Waals surface area contributed by atoms with E-state index in [-0.39, 0.29) is 0 Å². The second-order valence-electron chi connectivity index (χ2n) is 4.60. The van der Waals surface area contributed by atoms with Crippen molar-refractivity contribution in [3.05, 3.63) is 11.6 Å². The third-order valence-corrected chi connectivity index (χ3v) is 3.14. The predicted molar refractivity (Wildman–Crippen MR) is 53.7 cm³/mol. The predicted octanol–water partition coefficient (Wildman–Crippen LogP) is 1.18. The van der Waals surface area contributed by atoms with E-state index in [9.17, 15) is 0 Å². The standard InChI is InChI=1S/C11H16N2O/c1-9(4-12)3-10(2)13-5-11(6-13)7-14-8-11/h3,10H,5-8H2,1-2H3. The summed E-state index contributed by atoms with van der Waals surface area (Å²) in [6.07, 6.45) is 2.03. The lowest BCUT2D eigenvalue weighted by Crippen LogP contribution is -2.67. The van der Waals surface area contributed by atoms with Gasteiger partial charge in [0.2, 0.25) is 0 Å². The minimum Gasteiger partial charge on any atom is -0.380 e. The summed E-state index contributed by atoms with van der Waals surface area (Å²) in [4.78, 5) is 2.39. The molecule has 2 fully saturated rings. The highest BCUT2D eigenvalue weighted by Gasteiger charge is 2.49. The first-order valence-corrected chi connectivity index (χ1v) is 5.06. The minimum absolute atomic E-state index is 0.390. The molecule has 2 rings (SSSR count). The summed E-state index contributed by atoms with van der Waals surface area (Å²) in [5.74, 6) is 0. The molecule has 1 unspecified atom stereocenters. The largest absolute Gasteiger partial charge is 0.380 e. The lowest BCUT2D eigenvalue weighted by atomic mass is 9.77. The van der Waals surface area contributed by atoms with E-state index < -0.39 is 0 Å². The molecule has 2 heterocycles. The quantitative estimate of drug-likeness (QED) is 0.616. The van der Waals surface area contributed by atoms with E-state index in [1.54, 1.807) is 0 Å². The first-order chi connectivity index (χ1) is 6.65. The van der Waals surface area contributed by atoms with Crippen molar-refractivity contribution in [1.82, 2.24) is 4.90 Å². The number of nitrogens with zero attached hydrogens (tertiary/aromatic N) is 2. The number of allylic oxidation sites excluding steroid dienone is 1. The second-order valence-corrected chi connectivity index (χ2v) is 4.60. The first kappa shape index (κ1) is 9.70. The van der Waals surface area contributed by atoms with Gasteiger partial charge < -0.3 is 4.74 Å². The fourth-order valence-electron chi connectivity index (χ4n) is 2.18. The summed E-state index contributed by atoms with van der Waals surface area (Å²) in [5, 5.41) is 8.66. The molecule has 1 atom stereocenters. The van der Waals surface area contributed by atoms with Crippen molar-refractivity contribution in [1.29, 1.82) is 5.26 Å². The van der Waals surface area contributed by atoms with Crippen molar-refractivity contribution in [3.63, 3.8) is 0 Å². The van der Waals surface area contributed by atoms with Crippen molar-refractivity contribution in [3.8, 4) is 6.07 Å². The molecule has 0 amide bonds. The second kappa shape index (κ2) is 3.38. The SMILES string of the molecule is CC(C#N)=CC(C)N1CC2(COC2)C1. The molecule has 0 aromatic heterocycles. The van der Waals surface area contributed by atoms with Crippen LogP contribution in [0.25, 0.3) is 0 Å². The summed E-state index contributed by atoms with van der Waals surface area (Å²) >= 11 is 0. The fraction of sp³-hybridized carbons (Fsp3) is 0.727. The molecule has 0 radical (unpaired) electrons. The minimum atomic E-state index is 0.390. The van der Waals surface area contributed by atoms with E-state index in [1.807, 2.05) is 13.0 Å². The third-order valence-electron chi connectivity index (χ3n) is 3.14. The Bertz CT molecular complexity index is 291. The van der Waals surface area contributed by atoms with E-state index in [1.165, 1.54) is 0 Å². The summed E-state index contributed by atoms with van der Waals surface area (Å²) in [6.45, 7) is 8.12. The number of nitriles is 1. The molecule has 3 heteroatoms. The molecule has 2 aliphatic heterocycles. The zero-order chi connectivity index (χ0) is 10.2. The number of ether oxygens (including phenoxy) is 1. The Morgan fingerprint density at radius 3 is 2.64 bits per heavy atom. The van der Waals surface area contributed by atoms with Crippen LogP contribution in [-0.2, 0) is 4.74 Å². The van der Waals surface area contributed by atoms with Crippen LogP contribution in [0.2, 0.25) is 0 Å². The highest BCUT2D eigenvalue weighted by atomic mass is 16.5. The molecule has 2 saturated heterocycles. The van der Waals surface area contributed by atoms with Gasteiger partial charge >= 0.3 is 0 Å². The molecule has 0 saturated carbocycles. The normalized spacial score (nSPS) is 27.6. The molecule has 0 aliphatic carbocycles. The molecule has 0 N–H and O–H groups in total. The number of likely N-dealkylation sites (tertiary alicyclic amines) is 1. The van der Waals surface area contributed by atoms with Crippen molar-refractivity contribution in [2.45, 2.75) is 19.9 Å². The lowest BCUT2D eigenvalue weighted by Gasteiger charge is -2.56. The van der Waals surface area contributed by atoms with Crippen LogP contribution >= 0.6 is 0 Å². The van der Waals surface area contributed by atoms with Gasteiger partial charge in [-0.15, -0.1) is 0 Å². The highest BCUT2D eigenvalue weighted by molar-refractivity contribution is 5.20. The molecule has 1 spiro atoms. The Morgan fingerprint density at radius 2 is 2.21 bits per heavy atom. The van der Waals surface area contributed by atoms with Gasteiger partial charge in [-0.2, -0.15) is 5.26 Å². The summed E-state index contributed by atoms with van der Waals surface area (Å²) in [7, 11) is 0. The molecule has 3 nitrogen and oxygen atoms in total. The fourth-order valence-corrected chi connectivity index (χ4v) is 2.18. The van der Waals surface area contributed by atoms with Crippen LogP contribution < -0.4 is 0 Å². The van der Waals surface area contributed by atoms with E-state index in [2.05, 4.69) is 17.9 Å². The van der Waals surface area contributed by atoms with E-state index in [0.29, 0.717) is 11.5 Å². The first-order valence-electron chi connectivity index (χ1n) is 5.06. The van der Waals surface area contributed by atoms with E-state index in [4.69, 9.17) is 10.00 Å². The summed E-state index contributed by atoms with van der Waals surface area (Å²) in [5.41, 5.74) is 1.28. The molecule has 76 valence electrons. The van der Waals surface area contributed by atoms with Crippen LogP contribution in [0.5, 0.6) is 0 Å². The Kier molecular flexibility index (Phi) is 2.34. The molecular weight excluding hydrogens is 176 g/mol. The third kappa shape index (κ3) is 1.56. The molecule has 0 aromatic rings. The average Bonchev–Trinajstić information content (AvgIpc) is 1.98. The van der Waals surface area contributed by atoms with Gasteiger partial charge in [0, 0.05) is 30.1 Å². The van der Waals surface area contributed by atoms with Crippen LogP contribution in [-0.4, -0.2) is 37.2 Å². The smallest absolute Gasteiger partial charge is 0.0941 e. The summed E-state index contributed by atoms with van der Waals surface area (Å²) < 4.78 is 5.22. The highest BCUT2D eigenvalue weighted by Crippen LogP contribution is 2.38. The van der Waals surface area contributed by atoms with Crippen LogP contribution in [0.4, 0.5) is 0 Å². The molecule has 2 aliphatic rings. The number of hydrogen-bond acceptors (Lipinski definition) is 3. The van der Waals surface area contributed by atoms with Gasteiger partial charge in [0.1, 0.15) is 0 Å². The van der Waals surface area contributed by atoms with Crippen molar-refractivity contribution >= 4 is 0 Å². The Balaban J connectivity index is 1.84. The van der Waals surface area contributed by atoms with Crippen molar-refractivity contribution in [2.24, 2.45) is 5.41 Å². The van der Waals surface area contributed by atoms with Crippen LogP contribution in [0, 0.1) is 16.7 Å². The number of hydrogen-bond donors (Lipinski definition) is 0. The Hall–Kier alpha value is -0.850. The maximum absolute atomic E-state index is 8.66. The van der Waals surface area contributed by atoms with Gasteiger partial charge in [-0.05, 0) is 13.8 Å². The number of rotatable bonds is 2. The molecule has 0 bridgehead atoms. The Morgan fingerprint density at radius 1 is 1.57 bits per heavy atom. The average molecular weight is 192 g/mol. The van der Waals surface area contributed by atoms with Gasteiger partial charge in [0.25, 0.3) is 0 Å². The molecule has 0 aromatic carbocycles. The van der Waals surface area contributed by atoms with Gasteiger partial charge in [-0.1, -0.05) is 6.08 Å². The van der Waals surface area contributed by atoms with E-state index >= 15 is 0 Å². The maximum Gasteiger partial charge on any atom is 0.0941 e. The Labute approximate surface area is 85.0 Å². The van der Waals surface area contributed by atoms with Gasteiger partial charge in [0.05, 0.1) is 19.3 Å². The van der Waals surface area contributed by atoms with Crippen LogP contribution in [0.3, 0.4) is 0 Å². The van der Waals surface area contributed by atoms with Gasteiger partial charge in [-0.25, -0.2) is 0 Å². The summed E-state index contributed by atoms with van der Waals surface area (Å²) in [6, 6.07) is 2.55. The van der Waals surface area contributed by atoms with Crippen LogP contribution in [0.15, 0.2) is 11.6 Å². The molecule has 14 heavy (non-hydrogen) atoms. The topological polar surface area (TPSA) is 36.3 Å². The lowest BCUT2D eigenvalue weighted by molar-refractivity contribution is -0.193.